The summed E-state index contributed by atoms with van der Waals surface area (Å²) < 4.78 is 6.10. The van der Waals surface area contributed by atoms with E-state index in [-0.39, 0.29) is 18.2 Å². The smallest absolute Gasteiger partial charge is 0.410 e. The fraction of sp³-hybridized carbons (Fsp3) is 0.308. The minimum atomic E-state index is -1.29. The highest BCUT2D eigenvalue weighted by Gasteiger charge is 2.57. The van der Waals surface area contributed by atoms with Gasteiger partial charge in [-0.25, -0.2) is 4.79 Å². The standard InChI is InChI=1S/C52H53NO5S/c1-36-10-8-28-51(2)48(46-25-17-37(32-43(54)23-16-36)33-47(46)49(55)41-20-18-40(19-21-41)38-11-4-3-5-12-38)26-29-52(51,57)35-53(30-27-45-15-9-31-59-45)50(56)58-44-24-22-39-13-6-7-14-42(39)34-44/h3-7,9-15,17-22,24-25,31,33-34,43,48,54,57H,8,16,23,26-30,32,35H2,1-2H3. The predicted molar refractivity (Wildman–Crippen MR) is 238 cm³/mol. The maximum absolute atomic E-state index is 14.7. The number of hydrogen-bond acceptors (Lipinski definition) is 6. The lowest BCUT2D eigenvalue weighted by molar-refractivity contribution is -0.0789. The van der Waals surface area contributed by atoms with Crippen LogP contribution < -0.4 is 4.74 Å². The molecule has 6 nitrogen and oxygen atoms in total. The fourth-order valence-corrected chi connectivity index (χ4v) is 10.1. The molecule has 1 saturated carbocycles. The van der Waals surface area contributed by atoms with Crippen molar-refractivity contribution in [1.82, 2.24) is 4.90 Å². The van der Waals surface area contributed by atoms with Gasteiger partial charge >= 0.3 is 6.09 Å². The number of amides is 1. The minimum Gasteiger partial charge on any atom is -0.410 e. The van der Waals surface area contributed by atoms with Gasteiger partial charge < -0.3 is 19.8 Å². The van der Waals surface area contributed by atoms with Crippen LogP contribution in [0.25, 0.3) is 21.9 Å². The average Bonchev–Trinajstić information content (AvgIpc) is 3.87. The number of carbonyl (C=O) groups excluding carboxylic acids is 2. The molecule has 0 saturated heterocycles. The zero-order valence-electron chi connectivity index (χ0n) is 34.0. The van der Waals surface area contributed by atoms with Gasteiger partial charge in [-0.05, 0) is 127 Å². The monoisotopic (exact) mass is 803 g/mol. The molecule has 9 rings (SSSR count). The molecule has 5 aromatic carbocycles. The minimum absolute atomic E-state index is 0.0758. The van der Waals surface area contributed by atoms with E-state index < -0.39 is 23.2 Å². The molecule has 1 aromatic heterocycles. The van der Waals surface area contributed by atoms with Gasteiger partial charge in [0.15, 0.2) is 5.78 Å². The third kappa shape index (κ3) is 8.84. The molecule has 4 unspecified atom stereocenters. The number of ketones is 1. The van der Waals surface area contributed by atoms with Crippen LogP contribution in [-0.4, -0.2) is 51.8 Å². The lowest BCUT2D eigenvalue weighted by Gasteiger charge is -2.46. The van der Waals surface area contributed by atoms with Crippen LogP contribution in [0.4, 0.5) is 4.79 Å². The van der Waals surface area contributed by atoms with Crippen LogP contribution in [0.1, 0.15) is 90.2 Å². The molecule has 3 aliphatic rings. The van der Waals surface area contributed by atoms with Crippen LogP contribution in [0.2, 0.25) is 0 Å². The largest absolute Gasteiger partial charge is 0.415 e. The molecule has 6 aromatic rings. The Morgan fingerprint density at radius 2 is 1.59 bits per heavy atom. The topological polar surface area (TPSA) is 87.1 Å². The first-order valence-electron chi connectivity index (χ1n) is 21.0. The number of benzene rings is 5. The molecule has 302 valence electrons. The van der Waals surface area contributed by atoms with E-state index in [9.17, 15) is 19.8 Å². The molecule has 4 atom stereocenters. The number of nitrogens with zero attached hydrogens (tertiary/aromatic N) is 1. The van der Waals surface area contributed by atoms with Crippen molar-refractivity contribution in [2.75, 3.05) is 13.1 Å². The molecule has 2 N–H and O–H groups in total. The van der Waals surface area contributed by atoms with Gasteiger partial charge in [0, 0.05) is 28.0 Å². The van der Waals surface area contributed by atoms with Gasteiger partial charge in [-0.15, -0.1) is 11.3 Å². The molecule has 1 heterocycles. The number of aliphatic hydroxyl groups excluding tert-OH is 1. The van der Waals surface area contributed by atoms with E-state index in [0.29, 0.717) is 61.9 Å². The van der Waals surface area contributed by atoms with Gasteiger partial charge in [0.1, 0.15) is 5.75 Å². The van der Waals surface area contributed by atoms with Crippen molar-refractivity contribution < 1.29 is 24.5 Å². The molecule has 0 spiro atoms. The van der Waals surface area contributed by atoms with E-state index in [1.54, 1.807) is 16.2 Å². The molecule has 3 aliphatic carbocycles. The van der Waals surface area contributed by atoms with Crippen LogP contribution in [0.15, 0.2) is 144 Å². The Labute approximate surface area is 351 Å². The van der Waals surface area contributed by atoms with E-state index in [0.717, 1.165) is 50.7 Å². The van der Waals surface area contributed by atoms with Crippen molar-refractivity contribution >= 4 is 34.0 Å². The summed E-state index contributed by atoms with van der Waals surface area (Å²) in [5.41, 5.74) is 4.34. The highest BCUT2D eigenvalue weighted by molar-refractivity contribution is 7.09. The number of thiophene rings is 1. The Kier molecular flexibility index (Phi) is 12.0. The number of aliphatic hydroxyl groups is 2. The van der Waals surface area contributed by atoms with E-state index in [1.807, 2.05) is 109 Å². The number of ether oxygens (including phenoxy) is 1. The second-order valence-corrected chi connectivity index (χ2v) is 17.9. The number of fused-ring (bicyclic) bond motifs is 9. The molecule has 7 heteroatoms. The highest BCUT2D eigenvalue weighted by Crippen LogP contribution is 2.59. The van der Waals surface area contributed by atoms with Crippen LogP contribution in [-0.2, 0) is 12.8 Å². The predicted octanol–water partition coefficient (Wildman–Crippen LogP) is 11.6. The maximum atomic E-state index is 14.7. The van der Waals surface area contributed by atoms with Crippen molar-refractivity contribution in [3.63, 3.8) is 0 Å². The van der Waals surface area contributed by atoms with Crippen LogP contribution in [0.3, 0.4) is 0 Å². The van der Waals surface area contributed by atoms with Crippen LogP contribution in [0, 0.1) is 5.41 Å². The van der Waals surface area contributed by atoms with Gasteiger partial charge in [0.2, 0.25) is 0 Å². The Morgan fingerprint density at radius 3 is 2.37 bits per heavy atom. The normalized spacial score (nSPS) is 22.0. The second-order valence-electron chi connectivity index (χ2n) is 16.8. The molecule has 0 radical (unpaired) electrons. The molecular formula is C52H53NO5S. The first kappa shape index (κ1) is 40.4. The summed E-state index contributed by atoms with van der Waals surface area (Å²) in [4.78, 5) is 31.9. The highest BCUT2D eigenvalue weighted by atomic mass is 32.1. The Balaban J connectivity index is 1.15. The van der Waals surface area contributed by atoms with Gasteiger partial charge in [0.25, 0.3) is 0 Å². The zero-order valence-corrected chi connectivity index (χ0v) is 34.8. The Bertz CT molecular complexity index is 2440. The lowest BCUT2D eigenvalue weighted by Crippen LogP contribution is -2.54. The van der Waals surface area contributed by atoms with Gasteiger partial charge in [-0.1, -0.05) is 122 Å². The van der Waals surface area contributed by atoms with E-state index in [1.165, 1.54) is 5.57 Å². The quantitative estimate of drug-likeness (QED) is 0.112. The second kappa shape index (κ2) is 17.5. The first-order chi connectivity index (χ1) is 28.6. The summed E-state index contributed by atoms with van der Waals surface area (Å²) in [7, 11) is 0. The van der Waals surface area contributed by atoms with Crippen molar-refractivity contribution in [2.24, 2.45) is 5.41 Å². The first-order valence-corrected chi connectivity index (χ1v) is 21.8. The molecule has 0 aliphatic heterocycles. The van der Waals surface area contributed by atoms with Crippen LogP contribution >= 0.6 is 11.3 Å². The van der Waals surface area contributed by atoms with Gasteiger partial charge in [-0.2, -0.15) is 0 Å². The summed E-state index contributed by atoms with van der Waals surface area (Å²) in [6, 6.07) is 41.7. The van der Waals surface area contributed by atoms with E-state index in [4.69, 9.17) is 4.74 Å². The maximum Gasteiger partial charge on any atom is 0.415 e. The van der Waals surface area contributed by atoms with Crippen LogP contribution in [0.5, 0.6) is 5.75 Å². The number of carbonyl (C=O) groups is 2. The summed E-state index contributed by atoms with van der Waals surface area (Å²) in [6.45, 7) is 4.75. The molecule has 2 bridgehead atoms. The van der Waals surface area contributed by atoms with E-state index >= 15 is 0 Å². The summed E-state index contributed by atoms with van der Waals surface area (Å²) in [6.07, 6.45) is 6.15. The van der Waals surface area contributed by atoms with Crippen molar-refractivity contribution in [3.05, 3.63) is 172 Å². The van der Waals surface area contributed by atoms with Gasteiger partial charge in [0.05, 0.1) is 18.2 Å². The molecule has 1 amide bonds. The Hall–Kier alpha value is -5.34. The lowest BCUT2D eigenvalue weighted by atomic mass is 9.64. The van der Waals surface area contributed by atoms with Crippen molar-refractivity contribution in [2.45, 2.75) is 82.8 Å². The summed E-state index contributed by atoms with van der Waals surface area (Å²) >= 11 is 1.65. The number of rotatable bonds is 9. The molecule has 1 fully saturated rings. The fourth-order valence-electron chi connectivity index (χ4n) is 9.44. The summed E-state index contributed by atoms with van der Waals surface area (Å²) in [5.74, 6) is 0.204. The third-order valence-electron chi connectivity index (χ3n) is 13.0. The Morgan fingerprint density at radius 1 is 0.831 bits per heavy atom. The molecule has 59 heavy (non-hydrogen) atoms. The SMILES string of the molecule is CC1=CCCC2(C)C(CCC2(O)CN(CCc2cccs2)C(=O)Oc2ccc3ccccc3c2)c2ccc(cc2C(=O)c2ccc(-c3ccccc3)cc2)CC(O)CC1. The zero-order chi connectivity index (χ0) is 41.0. The number of hydrogen-bond donors (Lipinski definition) is 2. The number of allylic oxidation sites excluding steroid dienone is 2. The average molecular weight is 804 g/mol. The van der Waals surface area contributed by atoms with E-state index in [2.05, 4.69) is 44.2 Å². The third-order valence-corrected chi connectivity index (χ3v) is 14.0. The van der Waals surface area contributed by atoms with Gasteiger partial charge in [-0.3, -0.25) is 4.79 Å². The van der Waals surface area contributed by atoms with Crippen molar-refractivity contribution in [1.29, 1.82) is 0 Å². The molecular weight excluding hydrogens is 751 g/mol. The summed E-state index contributed by atoms with van der Waals surface area (Å²) in [5, 5.41) is 28.4. The van der Waals surface area contributed by atoms with Crippen molar-refractivity contribution in [3.8, 4) is 16.9 Å².